The van der Waals surface area contributed by atoms with Crippen LogP contribution in [-0.2, 0) is 28.7 Å². The van der Waals surface area contributed by atoms with E-state index in [2.05, 4.69) is 0 Å². The normalized spacial score (nSPS) is 13.7. The van der Waals surface area contributed by atoms with Crippen molar-refractivity contribution >= 4 is 32.5 Å². The first-order valence-corrected chi connectivity index (χ1v) is 11.3. The van der Waals surface area contributed by atoms with Crippen LogP contribution in [0, 0.1) is 0 Å². The van der Waals surface area contributed by atoms with E-state index in [1.54, 1.807) is 24.3 Å². The van der Waals surface area contributed by atoms with Gasteiger partial charge in [-0.05, 0) is 30.3 Å². The van der Waals surface area contributed by atoms with Crippen molar-refractivity contribution in [3.05, 3.63) is 63.2 Å². The van der Waals surface area contributed by atoms with E-state index in [4.69, 9.17) is 4.74 Å². The van der Waals surface area contributed by atoms with Gasteiger partial charge in [0.15, 0.2) is 9.84 Å². The van der Waals surface area contributed by atoms with Crippen molar-refractivity contribution in [2.24, 2.45) is 14.1 Å². The summed E-state index contributed by atoms with van der Waals surface area (Å²) in [7, 11) is -0.921. The smallest absolute Gasteiger partial charge is 0.316 e. The second-order valence-electron chi connectivity index (χ2n) is 7.31. The first-order valence-electron chi connectivity index (χ1n) is 9.65. The van der Waals surface area contributed by atoms with Gasteiger partial charge in [0, 0.05) is 20.5 Å². The van der Waals surface area contributed by atoms with Crippen LogP contribution < -0.4 is 20.8 Å². The zero-order chi connectivity index (χ0) is 22.3. The number of para-hydroxylation sites is 2. The Labute approximate surface area is 178 Å². The second-order valence-corrected chi connectivity index (χ2v) is 9.42. The minimum Gasteiger partial charge on any atom is -0.490 e. The topological polar surface area (TPSA) is 108 Å². The minimum absolute atomic E-state index is 0.0103. The van der Waals surface area contributed by atoms with Gasteiger partial charge in [0.05, 0.1) is 33.9 Å². The maximum Gasteiger partial charge on any atom is 0.316 e. The highest BCUT2D eigenvalue weighted by Gasteiger charge is 2.25. The molecule has 9 nitrogen and oxygen atoms in total. The lowest BCUT2D eigenvalue weighted by Crippen LogP contribution is -2.39. The van der Waals surface area contributed by atoms with Crippen LogP contribution in [-0.4, -0.2) is 42.4 Å². The molecular formula is C21H21N3O6S. The molecule has 1 aromatic heterocycles. The monoisotopic (exact) mass is 443 g/mol. The van der Waals surface area contributed by atoms with Crippen LogP contribution in [0.2, 0.25) is 0 Å². The Bertz CT molecular complexity index is 1420. The number of sulfone groups is 1. The van der Waals surface area contributed by atoms with Crippen molar-refractivity contribution in [1.29, 1.82) is 0 Å². The fourth-order valence-electron chi connectivity index (χ4n) is 3.66. The summed E-state index contributed by atoms with van der Waals surface area (Å²) in [5.74, 6) is -0.0998. The van der Waals surface area contributed by atoms with Crippen molar-refractivity contribution in [3.8, 4) is 5.75 Å². The van der Waals surface area contributed by atoms with Crippen LogP contribution in [0.4, 0.5) is 5.69 Å². The largest absolute Gasteiger partial charge is 0.490 e. The Kier molecular flexibility index (Phi) is 5.18. The molecule has 2 heterocycles. The number of carbonyl (C=O) groups excluding carboxylic acids is 1. The lowest BCUT2D eigenvalue weighted by molar-refractivity contribution is -0.118. The number of aryl methyl sites for hydroxylation is 2. The van der Waals surface area contributed by atoms with Crippen LogP contribution >= 0.6 is 0 Å². The molecule has 0 fully saturated rings. The maximum atomic E-state index is 12.9. The van der Waals surface area contributed by atoms with Gasteiger partial charge in [-0.3, -0.25) is 14.4 Å². The maximum absolute atomic E-state index is 12.9. The lowest BCUT2D eigenvalue weighted by Gasteiger charge is -2.29. The molecule has 31 heavy (non-hydrogen) atoms. The lowest BCUT2D eigenvalue weighted by atomic mass is 10.2. The van der Waals surface area contributed by atoms with E-state index in [9.17, 15) is 22.8 Å². The molecule has 3 aromatic rings. The summed E-state index contributed by atoms with van der Waals surface area (Å²) in [5, 5.41) is 0. The zero-order valence-corrected chi connectivity index (χ0v) is 17.9. The molecule has 0 bridgehead atoms. The molecule has 0 aliphatic carbocycles. The van der Waals surface area contributed by atoms with E-state index in [0.717, 1.165) is 4.57 Å². The van der Waals surface area contributed by atoms with Gasteiger partial charge in [0.1, 0.15) is 12.4 Å². The minimum atomic E-state index is -3.80. The number of benzene rings is 2. The van der Waals surface area contributed by atoms with Crippen molar-refractivity contribution < 1.29 is 17.9 Å². The van der Waals surface area contributed by atoms with E-state index in [-0.39, 0.29) is 23.0 Å². The van der Waals surface area contributed by atoms with E-state index >= 15 is 0 Å². The average Bonchev–Trinajstić information content (AvgIpc) is 2.79. The number of fused-ring (bicyclic) bond motifs is 2. The summed E-state index contributed by atoms with van der Waals surface area (Å²) in [6.07, 6.45) is -0.194. The third-order valence-electron chi connectivity index (χ3n) is 5.44. The van der Waals surface area contributed by atoms with Crippen LogP contribution in [0.3, 0.4) is 0 Å². The highest BCUT2D eigenvalue weighted by Crippen LogP contribution is 2.31. The quantitative estimate of drug-likeness (QED) is 0.553. The summed E-state index contributed by atoms with van der Waals surface area (Å²) >= 11 is 0. The van der Waals surface area contributed by atoms with E-state index < -0.39 is 21.0 Å². The molecule has 0 spiro atoms. The van der Waals surface area contributed by atoms with Crippen molar-refractivity contribution in [1.82, 2.24) is 9.13 Å². The number of aromatic nitrogens is 2. The molecule has 2 aromatic carbocycles. The van der Waals surface area contributed by atoms with Gasteiger partial charge < -0.3 is 18.8 Å². The molecule has 0 N–H and O–H groups in total. The van der Waals surface area contributed by atoms with Crippen molar-refractivity contribution in [3.63, 3.8) is 0 Å². The van der Waals surface area contributed by atoms with Crippen LogP contribution in [0.1, 0.15) is 6.42 Å². The first-order chi connectivity index (χ1) is 14.7. The Morgan fingerprint density at radius 3 is 2.42 bits per heavy atom. The standard InChI is InChI=1S/C21H21N3O6S/c1-22-15-8-7-14(13-17(15)23(2)21(27)20(22)26)31(28,29)12-9-19(25)24-10-11-30-18-6-4-3-5-16(18)24/h3-8,13H,9-12H2,1-2H3. The molecule has 1 amide bonds. The molecular weight excluding hydrogens is 422 g/mol. The predicted molar refractivity (Wildman–Crippen MR) is 115 cm³/mol. The van der Waals surface area contributed by atoms with Gasteiger partial charge in [-0.25, -0.2) is 8.42 Å². The summed E-state index contributed by atoms with van der Waals surface area (Å²) in [6, 6.07) is 11.4. The molecule has 4 rings (SSSR count). The third kappa shape index (κ3) is 3.63. The van der Waals surface area contributed by atoms with Gasteiger partial charge in [-0.1, -0.05) is 12.1 Å². The third-order valence-corrected chi connectivity index (χ3v) is 7.15. The SMILES string of the molecule is Cn1c(=O)c(=O)n(C)c2cc(S(=O)(=O)CCC(=O)N3CCOc4ccccc43)ccc21. The summed E-state index contributed by atoms with van der Waals surface area (Å²) < 4.78 is 33.7. The number of amides is 1. The molecule has 0 radical (unpaired) electrons. The molecule has 0 saturated heterocycles. The van der Waals surface area contributed by atoms with Gasteiger partial charge >= 0.3 is 11.1 Å². The molecule has 162 valence electrons. The highest BCUT2D eigenvalue weighted by atomic mass is 32.2. The average molecular weight is 443 g/mol. The Morgan fingerprint density at radius 1 is 1.00 bits per heavy atom. The summed E-state index contributed by atoms with van der Waals surface area (Å²) in [6.45, 7) is 0.689. The second kappa shape index (κ2) is 7.69. The molecule has 0 unspecified atom stereocenters. The summed E-state index contributed by atoms with van der Waals surface area (Å²) in [5.41, 5.74) is -0.0564. The predicted octanol–water partition coefficient (Wildman–Crippen LogP) is 0.827. The van der Waals surface area contributed by atoms with Gasteiger partial charge in [0.2, 0.25) is 5.91 Å². The summed E-state index contributed by atoms with van der Waals surface area (Å²) in [4.78, 5) is 38.3. The number of anilines is 1. The highest BCUT2D eigenvalue weighted by molar-refractivity contribution is 7.91. The molecule has 0 saturated carbocycles. The van der Waals surface area contributed by atoms with E-state index in [1.807, 2.05) is 0 Å². The Balaban J connectivity index is 1.60. The number of rotatable bonds is 4. The van der Waals surface area contributed by atoms with E-state index in [1.165, 1.54) is 41.8 Å². The van der Waals surface area contributed by atoms with Gasteiger partial charge in [-0.15, -0.1) is 0 Å². The van der Waals surface area contributed by atoms with E-state index in [0.29, 0.717) is 35.6 Å². The fourth-order valence-corrected chi connectivity index (χ4v) is 4.90. The zero-order valence-electron chi connectivity index (χ0n) is 17.1. The molecule has 1 aliphatic rings. The number of hydrogen-bond acceptors (Lipinski definition) is 6. The Hall–Kier alpha value is -3.40. The number of ether oxygens (including phenoxy) is 1. The van der Waals surface area contributed by atoms with Gasteiger partial charge in [-0.2, -0.15) is 0 Å². The number of carbonyl (C=O) groups is 1. The molecule has 10 heteroatoms. The Morgan fingerprint density at radius 2 is 1.68 bits per heavy atom. The van der Waals surface area contributed by atoms with Crippen LogP contribution in [0.25, 0.3) is 11.0 Å². The molecule has 0 atom stereocenters. The van der Waals surface area contributed by atoms with Crippen molar-refractivity contribution in [2.75, 3.05) is 23.8 Å². The van der Waals surface area contributed by atoms with Crippen LogP contribution in [0.5, 0.6) is 5.75 Å². The fraction of sp³-hybridized carbons (Fsp3) is 0.286. The van der Waals surface area contributed by atoms with Crippen LogP contribution in [0.15, 0.2) is 56.9 Å². The first kappa shape index (κ1) is 20.9. The number of nitrogens with zero attached hydrogens (tertiary/aromatic N) is 3. The molecule has 1 aliphatic heterocycles. The van der Waals surface area contributed by atoms with Crippen molar-refractivity contribution in [2.45, 2.75) is 11.3 Å². The van der Waals surface area contributed by atoms with Gasteiger partial charge in [0.25, 0.3) is 0 Å². The number of hydrogen-bond donors (Lipinski definition) is 0.